The molecule has 0 saturated heterocycles. The highest BCUT2D eigenvalue weighted by atomic mass is 19.1. The molecule has 58 valence electrons. The van der Waals surface area contributed by atoms with Gasteiger partial charge in [-0.3, -0.25) is 0 Å². The summed E-state index contributed by atoms with van der Waals surface area (Å²) in [4.78, 5) is 0. The van der Waals surface area contributed by atoms with Crippen LogP contribution >= 0.6 is 0 Å². The number of allylic oxidation sites excluding steroid dienone is 5. The summed E-state index contributed by atoms with van der Waals surface area (Å²) >= 11 is 0. The van der Waals surface area contributed by atoms with Crippen molar-refractivity contribution < 1.29 is 4.39 Å². The molecule has 0 N–H and O–H groups in total. The molecule has 0 radical (unpaired) electrons. The van der Waals surface area contributed by atoms with Crippen molar-refractivity contribution in [2.45, 2.75) is 13.8 Å². The van der Waals surface area contributed by atoms with E-state index in [1.165, 1.54) is 6.08 Å². The fraction of sp³-hybridized carbons (Fsp3) is 0.222. The van der Waals surface area contributed by atoms with Crippen LogP contribution in [0.4, 0.5) is 4.39 Å². The van der Waals surface area contributed by atoms with Gasteiger partial charge in [0.2, 0.25) is 0 Å². The van der Waals surface area contributed by atoms with E-state index in [4.69, 9.17) is 5.26 Å². The van der Waals surface area contributed by atoms with Crippen LogP contribution in [0.1, 0.15) is 13.8 Å². The summed E-state index contributed by atoms with van der Waals surface area (Å²) in [6.07, 6.45) is 3.08. The highest BCUT2D eigenvalue weighted by molar-refractivity contribution is 5.39. The molecule has 0 saturated carbocycles. The van der Waals surface area contributed by atoms with Gasteiger partial charge in [-0.1, -0.05) is 18.2 Å². The lowest BCUT2D eigenvalue weighted by atomic mass is 10.2. The first-order valence-electron chi connectivity index (χ1n) is 3.18. The van der Waals surface area contributed by atoms with Crippen molar-refractivity contribution in [2.75, 3.05) is 0 Å². The third-order valence-electron chi connectivity index (χ3n) is 0.996. The second-order valence-electron chi connectivity index (χ2n) is 2.34. The smallest absolute Gasteiger partial charge is 0.133 e. The summed E-state index contributed by atoms with van der Waals surface area (Å²) in [7, 11) is 0. The van der Waals surface area contributed by atoms with Gasteiger partial charge in [0.05, 0.1) is 5.57 Å². The molecule has 0 aliphatic rings. The molecule has 0 atom stereocenters. The van der Waals surface area contributed by atoms with Gasteiger partial charge < -0.3 is 0 Å². The van der Waals surface area contributed by atoms with Crippen LogP contribution in [0.5, 0.6) is 0 Å². The molecule has 0 aromatic heterocycles. The Hall–Kier alpha value is -1.36. The molecule has 11 heavy (non-hydrogen) atoms. The van der Waals surface area contributed by atoms with Crippen LogP contribution in [0, 0.1) is 11.3 Å². The van der Waals surface area contributed by atoms with E-state index in [0.29, 0.717) is 0 Å². The van der Waals surface area contributed by atoms with Crippen molar-refractivity contribution in [1.82, 2.24) is 0 Å². The fourth-order valence-electron chi connectivity index (χ4n) is 0.438. The standard InChI is InChI=1S/C9H10FN/c1-7(2)4-5-9(6-11)8(3)10/h4-5H,3H2,1-2H3/b9-5-. The number of hydrogen-bond donors (Lipinski definition) is 0. The van der Waals surface area contributed by atoms with Crippen molar-refractivity contribution >= 4 is 0 Å². The first kappa shape index (κ1) is 9.64. The van der Waals surface area contributed by atoms with Crippen LogP contribution in [0.25, 0.3) is 0 Å². The van der Waals surface area contributed by atoms with E-state index in [1.807, 2.05) is 13.8 Å². The number of halogens is 1. The Bertz CT molecular complexity index is 249. The van der Waals surface area contributed by atoms with Gasteiger partial charge in [-0.05, 0) is 19.9 Å². The van der Waals surface area contributed by atoms with Crippen LogP contribution < -0.4 is 0 Å². The monoisotopic (exact) mass is 151 g/mol. The Labute approximate surface area is 66.1 Å². The summed E-state index contributed by atoms with van der Waals surface area (Å²) in [5.74, 6) is -0.690. The lowest BCUT2D eigenvalue weighted by Crippen LogP contribution is -1.75. The predicted octanol–water partition coefficient (Wildman–Crippen LogP) is 2.89. The lowest BCUT2D eigenvalue weighted by molar-refractivity contribution is 0.662. The minimum absolute atomic E-state index is 0.0220. The molecule has 0 unspecified atom stereocenters. The SMILES string of the molecule is C=C(F)/C(C#N)=C\C=C(C)C. The van der Waals surface area contributed by atoms with E-state index in [1.54, 1.807) is 12.1 Å². The molecule has 0 fully saturated rings. The normalized spacial score (nSPS) is 10.2. The minimum atomic E-state index is -0.690. The number of hydrogen-bond acceptors (Lipinski definition) is 1. The van der Waals surface area contributed by atoms with Gasteiger partial charge in [-0.15, -0.1) is 0 Å². The average molecular weight is 151 g/mol. The van der Waals surface area contributed by atoms with E-state index in [0.717, 1.165) is 5.57 Å². The highest BCUT2D eigenvalue weighted by Crippen LogP contribution is 2.07. The van der Waals surface area contributed by atoms with Crippen LogP contribution in [-0.4, -0.2) is 0 Å². The zero-order chi connectivity index (χ0) is 8.85. The van der Waals surface area contributed by atoms with Gasteiger partial charge in [0, 0.05) is 0 Å². The van der Waals surface area contributed by atoms with Crippen molar-refractivity contribution in [3.63, 3.8) is 0 Å². The average Bonchev–Trinajstić information content (AvgIpc) is 1.87. The topological polar surface area (TPSA) is 23.8 Å². The lowest BCUT2D eigenvalue weighted by Gasteiger charge is -1.88. The third kappa shape index (κ3) is 4.10. The van der Waals surface area contributed by atoms with Crippen LogP contribution in [0.2, 0.25) is 0 Å². The molecule has 0 bridgehead atoms. The Kier molecular flexibility index (Phi) is 3.90. The largest absolute Gasteiger partial charge is 0.206 e. The van der Waals surface area contributed by atoms with Crippen molar-refractivity contribution in [3.8, 4) is 6.07 Å². The summed E-state index contributed by atoms with van der Waals surface area (Å²) < 4.78 is 12.3. The van der Waals surface area contributed by atoms with Gasteiger partial charge >= 0.3 is 0 Å². The van der Waals surface area contributed by atoms with E-state index in [-0.39, 0.29) is 5.57 Å². The molecule has 0 aromatic carbocycles. The summed E-state index contributed by atoms with van der Waals surface area (Å²) in [5, 5.41) is 8.36. The minimum Gasteiger partial charge on any atom is -0.206 e. The van der Waals surface area contributed by atoms with Gasteiger partial charge in [0.25, 0.3) is 0 Å². The molecule has 0 aliphatic carbocycles. The highest BCUT2D eigenvalue weighted by Gasteiger charge is 1.96. The molecule has 2 heteroatoms. The Morgan fingerprint density at radius 2 is 2.00 bits per heavy atom. The molecule has 0 aromatic rings. The summed E-state index contributed by atoms with van der Waals surface area (Å²) in [6.45, 7) is 6.75. The van der Waals surface area contributed by atoms with Crippen molar-refractivity contribution in [1.29, 1.82) is 5.26 Å². The molecule has 0 aliphatic heterocycles. The van der Waals surface area contributed by atoms with E-state index in [2.05, 4.69) is 6.58 Å². The molecule has 0 rings (SSSR count). The zero-order valence-corrected chi connectivity index (χ0v) is 6.69. The van der Waals surface area contributed by atoms with Crippen LogP contribution in [0.3, 0.4) is 0 Å². The van der Waals surface area contributed by atoms with Crippen LogP contribution in [-0.2, 0) is 0 Å². The molecule has 0 spiro atoms. The van der Waals surface area contributed by atoms with Gasteiger partial charge in [-0.2, -0.15) is 5.26 Å². The maximum absolute atomic E-state index is 12.3. The molecule has 0 heterocycles. The third-order valence-corrected chi connectivity index (χ3v) is 0.996. The van der Waals surface area contributed by atoms with E-state index in [9.17, 15) is 4.39 Å². The van der Waals surface area contributed by atoms with E-state index >= 15 is 0 Å². The molecular weight excluding hydrogens is 141 g/mol. The second kappa shape index (κ2) is 4.45. The summed E-state index contributed by atoms with van der Waals surface area (Å²) in [5.41, 5.74) is 0.991. The van der Waals surface area contributed by atoms with Gasteiger partial charge in [0.15, 0.2) is 0 Å². The van der Waals surface area contributed by atoms with Crippen LogP contribution in [0.15, 0.2) is 35.7 Å². The number of nitriles is 1. The Morgan fingerprint density at radius 1 is 1.45 bits per heavy atom. The molecular formula is C9H10FN. The Balaban J connectivity index is 4.54. The summed E-state index contributed by atoms with van der Waals surface area (Å²) in [6, 6.07) is 1.70. The Morgan fingerprint density at radius 3 is 2.27 bits per heavy atom. The second-order valence-corrected chi connectivity index (χ2v) is 2.34. The number of nitrogens with zero attached hydrogens (tertiary/aromatic N) is 1. The predicted molar refractivity (Wildman–Crippen MR) is 43.4 cm³/mol. The maximum Gasteiger partial charge on any atom is 0.133 e. The van der Waals surface area contributed by atoms with Crippen molar-refractivity contribution in [3.05, 3.63) is 35.7 Å². The first-order valence-corrected chi connectivity index (χ1v) is 3.18. The van der Waals surface area contributed by atoms with Gasteiger partial charge in [0.1, 0.15) is 11.9 Å². The maximum atomic E-state index is 12.3. The molecule has 1 nitrogen and oxygen atoms in total. The fourth-order valence-corrected chi connectivity index (χ4v) is 0.438. The quantitative estimate of drug-likeness (QED) is 0.439. The zero-order valence-electron chi connectivity index (χ0n) is 6.69. The first-order chi connectivity index (χ1) is 5.07. The molecule has 0 amide bonds. The van der Waals surface area contributed by atoms with Crippen molar-refractivity contribution in [2.24, 2.45) is 0 Å². The van der Waals surface area contributed by atoms with E-state index < -0.39 is 5.83 Å². The van der Waals surface area contributed by atoms with Gasteiger partial charge in [-0.25, -0.2) is 4.39 Å². The number of rotatable bonds is 2.